The van der Waals surface area contributed by atoms with Crippen molar-refractivity contribution in [2.75, 3.05) is 11.1 Å². The van der Waals surface area contributed by atoms with Crippen molar-refractivity contribution in [1.82, 2.24) is 14.8 Å². The van der Waals surface area contributed by atoms with Crippen molar-refractivity contribution in [3.8, 4) is 5.75 Å². The molecule has 0 aliphatic carbocycles. The van der Waals surface area contributed by atoms with E-state index in [1.165, 1.54) is 18.2 Å². The summed E-state index contributed by atoms with van der Waals surface area (Å²) in [7, 11) is 1.71. The van der Waals surface area contributed by atoms with Crippen LogP contribution in [0, 0.1) is 0 Å². The number of benzene rings is 2. The van der Waals surface area contributed by atoms with E-state index in [1.54, 1.807) is 42.8 Å². The van der Waals surface area contributed by atoms with Gasteiger partial charge in [0.15, 0.2) is 17.1 Å². The molecule has 1 aromatic heterocycles. The molecule has 6 nitrogen and oxygen atoms in total. The molecule has 11 heteroatoms. The van der Waals surface area contributed by atoms with E-state index in [0.29, 0.717) is 21.8 Å². The van der Waals surface area contributed by atoms with Gasteiger partial charge in [0.2, 0.25) is 5.91 Å². The van der Waals surface area contributed by atoms with Gasteiger partial charge in [-0.15, -0.1) is 10.2 Å². The first-order valence-electron chi connectivity index (χ1n) is 9.06. The minimum atomic E-state index is -4.56. The number of halogens is 4. The fraction of sp³-hybridized carbons (Fsp3) is 0.250. The van der Waals surface area contributed by atoms with E-state index in [4.69, 9.17) is 16.3 Å². The van der Waals surface area contributed by atoms with Crippen LogP contribution < -0.4 is 10.1 Å². The van der Waals surface area contributed by atoms with Gasteiger partial charge in [-0.1, -0.05) is 47.6 Å². The summed E-state index contributed by atoms with van der Waals surface area (Å²) in [5.74, 6) is 0.270. The zero-order valence-corrected chi connectivity index (χ0v) is 18.1. The number of nitrogens with one attached hydrogen (secondary N) is 1. The van der Waals surface area contributed by atoms with E-state index < -0.39 is 23.8 Å². The predicted octanol–water partition coefficient (Wildman–Crippen LogP) is 5.36. The highest BCUT2D eigenvalue weighted by Crippen LogP contribution is 2.34. The molecule has 3 aromatic rings. The van der Waals surface area contributed by atoms with E-state index in [9.17, 15) is 18.0 Å². The van der Waals surface area contributed by atoms with Crippen molar-refractivity contribution in [2.24, 2.45) is 7.05 Å². The molecule has 164 valence electrons. The highest BCUT2D eigenvalue weighted by Gasteiger charge is 2.33. The standard InChI is InChI=1S/C20H18ClF3N4O2S/c1-12(30-16-10-6-4-8-14(16)21)18-26-27-19(28(18)2)31-11-17(29)25-15-9-5-3-7-13(15)20(22,23)24/h3-10,12H,11H2,1-2H3,(H,25,29). The van der Waals surface area contributed by atoms with Crippen molar-refractivity contribution < 1.29 is 22.7 Å². The Morgan fingerprint density at radius 2 is 1.87 bits per heavy atom. The fourth-order valence-corrected chi connectivity index (χ4v) is 3.64. The Morgan fingerprint density at radius 3 is 2.58 bits per heavy atom. The Morgan fingerprint density at radius 1 is 1.19 bits per heavy atom. The molecule has 1 heterocycles. The highest BCUT2D eigenvalue weighted by atomic mass is 35.5. The van der Waals surface area contributed by atoms with E-state index >= 15 is 0 Å². The lowest BCUT2D eigenvalue weighted by Crippen LogP contribution is -2.18. The molecular formula is C20H18ClF3N4O2S. The summed E-state index contributed by atoms with van der Waals surface area (Å²) in [6, 6.07) is 11.8. The first-order chi connectivity index (χ1) is 14.7. The summed E-state index contributed by atoms with van der Waals surface area (Å²) in [5.41, 5.74) is -1.19. The van der Waals surface area contributed by atoms with Crippen LogP contribution in [0.5, 0.6) is 5.75 Å². The van der Waals surface area contributed by atoms with Crippen molar-refractivity contribution in [2.45, 2.75) is 24.4 Å². The Bertz CT molecular complexity index is 1070. The molecule has 0 fully saturated rings. The number of amides is 1. The number of alkyl halides is 3. The number of aromatic nitrogens is 3. The highest BCUT2D eigenvalue weighted by molar-refractivity contribution is 7.99. The topological polar surface area (TPSA) is 69.0 Å². The molecule has 31 heavy (non-hydrogen) atoms. The monoisotopic (exact) mass is 470 g/mol. The van der Waals surface area contributed by atoms with Crippen LogP contribution in [0.1, 0.15) is 24.4 Å². The van der Waals surface area contributed by atoms with E-state index in [-0.39, 0.29) is 11.4 Å². The molecule has 1 amide bonds. The summed E-state index contributed by atoms with van der Waals surface area (Å²) < 4.78 is 46.7. The van der Waals surface area contributed by atoms with Crippen LogP contribution in [-0.4, -0.2) is 26.4 Å². The molecule has 0 aliphatic rings. The molecule has 0 saturated carbocycles. The van der Waals surface area contributed by atoms with E-state index in [2.05, 4.69) is 15.5 Å². The second kappa shape index (κ2) is 9.61. The van der Waals surface area contributed by atoms with Gasteiger partial charge in [0.05, 0.1) is 22.0 Å². The maximum Gasteiger partial charge on any atom is 0.418 e. The number of para-hydroxylation sites is 2. The average molecular weight is 471 g/mol. The minimum Gasteiger partial charge on any atom is -0.481 e. The third kappa shape index (κ3) is 5.71. The molecule has 0 bridgehead atoms. The lowest BCUT2D eigenvalue weighted by molar-refractivity contribution is -0.137. The van der Waals surface area contributed by atoms with Crippen LogP contribution in [0.2, 0.25) is 5.02 Å². The zero-order chi connectivity index (χ0) is 22.6. The Balaban J connectivity index is 1.63. The molecule has 0 spiro atoms. The van der Waals surface area contributed by atoms with Gasteiger partial charge in [0.25, 0.3) is 0 Å². The normalized spacial score (nSPS) is 12.5. The number of rotatable bonds is 7. The summed E-state index contributed by atoms with van der Waals surface area (Å²) in [5, 5.41) is 11.3. The van der Waals surface area contributed by atoms with Crippen molar-refractivity contribution in [1.29, 1.82) is 0 Å². The molecule has 0 radical (unpaired) electrons. The van der Waals surface area contributed by atoms with Crippen LogP contribution in [0.4, 0.5) is 18.9 Å². The minimum absolute atomic E-state index is 0.141. The summed E-state index contributed by atoms with van der Waals surface area (Å²) >= 11 is 7.15. The summed E-state index contributed by atoms with van der Waals surface area (Å²) in [6.45, 7) is 1.78. The molecule has 3 rings (SSSR count). The summed E-state index contributed by atoms with van der Waals surface area (Å²) in [4.78, 5) is 12.2. The van der Waals surface area contributed by atoms with Gasteiger partial charge in [-0.2, -0.15) is 13.2 Å². The van der Waals surface area contributed by atoms with E-state index in [0.717, 1.165) is 17.8 Å². The smallest absolute Gasteiger partial charge is 0.418 e. The second-order valence-corrected chi connectivity index (χ2v) is 7.82. The lowest BCUT2D eigenvalue weighted by atomic mass is 10.1. The van der Waals surface area contributed by atoms with Gasteiger partial charge in [-0.3, -0.25) is 4.79 Å². The lowest BCUT2D eigenvalue weighted by Gasteiger charge is -2.15. The van der Waals surface area contributed by atoms with Gasteiger partial charge in [-0.05, 0) is 31.2 Å². The van der Waals surface area contributed by atoms with Crippen LogP contribution in [-0.2, 0) is 18.0 Å². The number of carbonyl (C=O) groups excluding carboxylic acids is 1. The van der Waals surface area contributed by atoms with Gasteiger partial charge in [-0.25, -0.2) is 0 Å². The molecule has 1 N–H and O–H groups in total. The average Bonchev–Trinajstić information content (AvgIpc) is 3.08. The van der Waals surface area contributed by atoms with Crippen LogP contribution in [0.3, 0.4) is 0 Å². The molecule has 0 aliphatic heterocycles. The summed E-state index contributed by atoms with van der Waals surface area (Å²) in [6.07, 6.45) is -5.04. The number of anilines is 1. The van der Waals surface area contributed by atoms with Gasteiger partial charge < -0.3 is 14.6 Å². The van der Waals surface area contributed by atoms with Crippen molar-refractivity contribution in [3.05, 3.63) is 64.9 Å². The van der Waals surface area contributed by atoms with Crippen LogP contribution in [0.25, 0.3) is 0 Å². The number of hydrogen-bond acceptors (Lipinski definition) is 5. The number of nitrogens with zero attached hydrogens (tertiary/aromatic N) is 3. The number of thioether (sulfide) groups is 1. The molecule has 1 unspecified atom stereocenters. The largest absolute Gasteiger partial charge is 0.481 e. The van der Waals surface area contributed by atoms with Crippen LogP contribution >= 0.6 is 23.4 Å². The first kappa shape index (κ1) is 23.0. The molecular weight excluding hydrogens is 453 g/mol. The maximum absolute atomic E-state index is 13.1. The first-order valence-corrected chi connectivity index (χ1v) is 10.4. The van der Waals surface area contributed by atoms with E-state index in [1.807, 2.05) is 0 Å². The van der Waals surface area contributed by atoms with Crippen molar-refractivity contribution in [3.63, 3.8) is 0 Å². The Labute approximate surface area is 185 Å². The van der Waals surface area contributed by atoms with Crippen molar-refractivity contribution >= 4 is 35.0 Å². The molecule has 0 saturated heterocycles. The predicted molar refractivity (Wildman–Crippen MR) is 112 cm³/mol. The Kier molecular flexibility index (Phi) is 7.11. The van der Waals surface area contributed by atoms with Gasteiger partial charge in [0.1, 0.15) is 5.75 Å². The van der Waals surface area contributed by atoms with Gasteiger partial charge in [0, 0.05) is 7.05 Å². The Hall–Kier alpha value is -2.72. The third-order valence-corrected chi connectivity index (χ3v) is 5.54. The molecule has 2 aromatic carbocycles. The quantitative estimate of drug-likeness (QED) is 0.471. The number of ether oxygens (including phenoxy) is 1. The van der Waals surface area contributed by atoms with Gasteiger partial charge >= 0.3 is 6.18 Å². The zero-order valence-electron chi connectivity index (χ0n) is 16.5. The van der Waals surface area contributed by atoms with Crippen LogP contribution in [0.15, 0.2) is 53.7 Å². The molecule has 1 atom stereocenters. The second-order valence-electron chi connectivity index (χ2n) is 6.47. The maximum atomic E-state index is 13.1. The number of hydrogen-bond donors (Lipinski definition) is 1. The fourth-order valence-electron chi connectivity index (χ4n) is 2.75. The third-order valence-electron chi connectivity index (χ3n) is 4.21. The SMILES string of the molecule is CC(Oc1ccccc1Cl)c1nnc(SCC(=O)Nc2ccccc2C(F)(F)F)n1C. The number of carbonyl (C=O) groups is 1.